The zero-order chi connectivity index (χ0) is 13.7. The van der Waals surface area contributed by atoms with Crippen molar-refractivity contribution in [2.75, 3.05) is 6.54 Å². The summed E-state index contributed by atoms with van der Waals surface area (Å²) in [5.74, 6) is 0.846. The zero-order valence-electron chi connectivity index (χ0n) is 11.6. The van der Waals surface area contributed by atoms with E-state index in [1.807, 2.05) is 18.2 Å². The molecule has 3 heteroatoms. The van der Waals surface area contributed by atoms with Crippen LogP contribution in [0.3, 0.4) is 0 Å². The lowest BCUT2D eigenvalue weighted by atomic mass is 10.1. The minimum atomic E-state index is -0.0823. The average Bonchev–Trinajstić information content (AvgIpc) is 2.93. The lowest BCUT2D eigenvalue weighted by molar-refractivity contribution is 0.193. The Hall–Kier alpha value is -1.58. The molecule has 1 atom stereocenters. The Morgan fingerprint density at radius 3 is 2.42 bits per heavy atom. The highest BCUT2D eigenvalue weighted by Crippen LogP contribution is 2.16. The minimum absolute atomic E-state index is 0.0823. The van der Waals surface area contributed by atoms with Crippen molar-refractivity contribution >= 4 is 0 Å². The molecule has 0 saturated carbocycles. The monoisotopic (exact) mass is 258 g/mol. The number of hydrogen-bond donors (Lipinski definition) is 1. The van der Waals surface area contributed by atoms with Crippen LogP contribution >= 0.6 is 0 Å². The normalized spacial score (nSPS) is 13.1. The summed E-state index contributed by atoms with van der Waals surface area (Å²) in [6.45, 7) is 6.09. The van der Waals surface area contributed by atoms with E-state index in [4.69, 9.17) is 10.2 Å². The Bertz CT molecular complexity index is 465. The molecule has 102 valence electrons. The fraction of sp³-hybridized carbons (Fsp3) is 0.375. The lowest BCUT2D eigenvalue weighted by Crippen LogP contribution is -2.36. The summed E-state index contributed by atoms with van der Waals surface area (Å²) in [6, 6.07) is 14.7. The standard InChI is InChI=1S/C16H22N2O/c1-13(2)18(11-14-7-4-3-5-8-14)12-15(17)16-9-6-10-19-16/h3-10,13,15H,11-12,17H2,1-2H3. The quantitative estimate of drug-likeness (QED) is 0.865. The van der Waals surface area contributed by atoms with E-state index in [-0.39, 0.29) is 6.04 Å². The fourth-order valence-electron chi connectivity index (χ4n) is 2.12. The minimum Gasteiger partial charge on any atom is -0.468 e. The van der Waals surface area contributed by atoms with Gasteiger partial charge in [0.1, 0.15) is 5.76 Å². The van der Waals surface area contributed by atoms with E-state index in [9.17, 15) is 0 Å². The molecule has 19 heavy (non-hydrogen) atoms. The van der Waals surface area contributed by atoms with Gasteiger partial charge >= 0.3 is 0 Å². The van der Waals surface area contributed by atoms with Crippen LogP contribution in [-0.2, 0) is 6.54 Å². The van der Waals surface area contributed by atoms with Gasteiger partial charge in [-0.1, -0.05) is 30.3 Å². The molecular formula is C16H22N2O. The first-order valence-corrected chi connectivity index (χ1v) is 6.74. The topological polar surface area (TPSA) is 42.4 Å². The molecule has 2 rings (SSSR count). The van der Waals surface area contributed by atoms with Gasteiger partial charge in [0.15, 0.2) is 0 Å². The molecule has 0 aliphatic carbocycles. The van der Waals surface area contributed by atoms with Crippen molar-refractivity contribution < 1.29 is 4.42 Å². The van der Waals surface area contributed by atoms with Gasteiger partial charge in [0.05, 0.1) is 12.3 Å². The van der Waals surface area contributed by atoms with E-state index in [2.05, 4.69) is 43.0 Å². The van der Waals surface area contributed by atoms with Crippen LogP contribution in [0.5, 0.6) is 0 Å². The van der Waals surface area contributed by atoms with Crippen molar-refractivity contribution in [2.45, 2.75) is 32.5 Å². The van der Waals surface area contributed by atoms with Crippen LogP contribution < -0.4 is 5.73 Å². The third-order valence-electron chi connectivity index (χ3n) is 3.30. The predicted molar refractivity (Wildman–Crippen MR) is 77.6 cm³/mol. The summed E-state index contributed by atoms with van der Waals surface area (Å²) < 4.78 is 5.37. The van der Waals surface area contributed by atoms with Crippen molar-refractivity contribution in [3.63, 3.8) is 0 Å². The molecule has 2 N–H and O–H groups in total. The van der Waals surface area contributed by atoms with Crippen LogP contribution in [0.1, 0.15) is 31.2 Å². The molecule has 0 amide bonds. The van der Waals surface area contributed by atoms with Gasteiger partial charge in [-0.25, -0.2) is 0 Å². The lowest BCUT2D eigenvalue weighted by Gasteiger charge is -2.28. The summed E-state index contributed by atoms with van der Waals surface area (Å²) in [5, 5.41) is 0. The first-order chi connectivity index (χ1) is 9.16. The maximum atomic E-state index is 6.20. The second kappa shape index (κ2) is 6.55. The van der Waals surface area contributed by atoms with Crippen molar-refractivity contribution in [1.29, 1.82) is 0 Å². The van der Waals surface area contributed by atoms with E-state index in [0.29, 0.717) is 6.04 Å². The number of furan rings is 1. The highest BCUT2D eigenvalue weighted by atomic mass is 16.3. The molecule has 0 bridgehead atoms. The van der Waals surface area contributed by atoms with Gasteiger partial charge in [-0.15, -0.1) is 0 Å². The second-order valence-corrected chi connectivity index (χ2v) is 5.13. The van der Waals surface area contributed by atoms with Crippen LogP contribution in [0.2, 0.25) is 0 Å². The summed E-state index contributed by atoms with van der Waals surface area (Å²) in [7, 11) is 0. The summed E-state index contributed by atoms with van der Waals surface area (Å²) in [6.07, 6.45) is 1.67. The molecule has 0 aliphatic heterocycles. The fourth-order valence-corrected chi connectivity index (χ4v) is 2.12. The van der Waals surface area contributed by atoms with Crippen molar-refractivity contribution in [2.24, 2.45) is 5.73 Å². The molecule has 2 aromatic rings. The van der Waals surface area contributed by atoms with Gasteiger partial charge in [0, 0.05) is 19.1 Å². The van der Waals surface area contributed by atoms with Crippen LogP contribution in [0.25, 0.3) is 0 Å². The zero-order valence-corrected chi connectivity index (χ0v) is 11.6. The van der Waals surface area contributed by atoms with E-state index in [0.717, 1.165) is 18.8 Å². The van der Waals surface area contributed by atoms with Gasteiger partial charge < -0.3 is 10.2 Å². The summed E-state index contributed by atoms with van der Waals surface area (Å²) in [5.41, 5.74) is 7.50. The molecule has 1 aromatic carbocycles. The van der Waals surface area contributed by atoms with Crippen molar-refractivity contribution in [1.82, 2.24) is 4.90 Å². The van der Waals surface area contributed by atoms with Gasteiger partial charge in [-0.05, 0) is 31.5 Å². The van der Waals surface area contributed by atoms with Crippen molar-refractivity contribution in [3.8, 4) is 0 Å². The smallest absolute Gasteiger partial charge is 0.121 e. The largest absolute Gasteiger partial charge is 0.468 e. The van der Waals surface area contributed by atoms with Crippen LogP contribution in [0.15, 0.2) is 53.1 Å². The number of benzene rings is 1. The van der Waals surface area contributed by atoms with Crippen LogP contribution in [0, 0.1) is 0 Å². The Kier molecular flexibility index (Phi) is 4.77. The SMILES string of the molecule is CC(C)N(Cc1ccccc1)CC(N)c1ccco1. The number of nitrogens with two attached hydrogens (primary N) is 1. The van der Waals surface area contributed by atoms with Crippen LogP contribution in [-0.4, -0.2) is 17.5 Å². The molecular weight excluding hydrogens is 236 g/mol. The maximum Gasteiger partial charge on any atom is 0.121 e. The molecule has 0 saturated heterocycles. The Morgan fingerprint density at radius 1 is 1.11 bits per heavy atom. The Balaban J connectivity index is 2.00. The second-order valence-electron chi connectivity index (χ2n) is 5.13. The Morgan fingerprint density at radius 2 is 1.84 bits per heavy atom. The van der Waals surface area contributed by atoms with Gasteiger partial charge in [0.25, 0.3) is 0 Å². The first kappa shape index (κ1) is 13.8. The summed E-state index contributed by atoms with van der Waals surface area (Å²) in [4.78, 5) is 2.36. The Labute approximate surface area is 115 Å². The molecule has 3 nitrogen and oxygen atoms in total. The molecule has 1 aromatic heterocycles. The number of nitrogens with zero attached hydrogens (tertiary/aromatic N) is 1. The van der Waals surface area contributed by atoms with Gasteiger partial charge in [-0.2, -0.15) is 0 Å². The highest BCUT2D eigenvalue weighted by Gasteiger charge is 2.17. The molecule has 1 unspecified atom stereocenters. The highest BCUT2D eigenvalue weighted by molar-refractivity contribution is 5.14. The molecule has 0 spiro atoms. The molecule has 0 fully saturated rings. The molecule has 0 aliphatic rings. The van der Waals surface area contributed by atoms with E-state index in [1.54, 1.807) is 6.26 Å². The van der Waals surface area contributed by atoms with Crippen molar-refractivity contribution in [3.05, 3.63) is 60.1 Å². The average molecular weight is 258 g/mol. The first-order valence-electron chi connectivity index (χ1n) is 6.74. The predicted octanol–water partition coefficient (Wildman–Crippen LogP) is 3.19. The van der Waals surface area contributed by atoms with E-state index in [1.165, 1.54) is 5.56 Å². The maximum absolute atomic E-state index is 6.20. The summed E-state index contributed by atoms with van der Waals surface area (Å²) >= 11 is 0. The number of rotatable bonds is 6. The third-order valence-corrected chi connectivity index (χ3v) is 3.30. The van der Waals surface area contributed by atoms with Gasteiger partial charge in [0.2, 0.25) is 0 Å². The molecule has 1 heterocycles. The van der Waals surface area contributed by atoms with E-state index >= 15 is 0 Å². The molecule has 0 radical (unpaired) electrons. The third kappa shape index (κ3) is 3.94. The van der Waals surface area contributed by atoms with E-state index < -0.39 is 0 Å². The van der Waals surface area contributed by atoms with Crippen LogP contribution in [0.4, 0.5) is 0 Å². The van der Waals surface area contributed by atoms with Gasteiger partial charge in [-0.3, -0.25) is 4.90 Å². The number of hydrogen-bond acceptors (Lipinski definition) is 3.